The van der Waals surface area contributed by atoms with E-state index in [1.54, 1.807) is 0 Å². The van der Waals surface area contributed by atoms with Gasteiger partial charge in [-0.3, -0.25) is 20.2 Å². The molecule has 0 saturated carbocycles. The van der Waals surface area contributed by atoms with Crippen LogP contribution in [-0.4, -0.2) is 48.2 Å². The molecule has 30 heavy (non-hydrogen) atoms. The smallest absolute Gasteiger partial charge is 0.344 e. The van der Waals surface area contributed by atoms with Crippen molar-refractivity contribution in [3.8, 4) is 11.5 Å². The van der Waals surface area contributed by atoms with Gasteiger partial charge in [0.15, 0.2) is 13.2 Å². The Bertz CT molecular complexity index is 821. The minimum Gasteiger partial charge on any atom is -0.482 e. The van der Waals surface area contributed by atoms with Gasteiger partial charge in [0.1, 0.15) is 24.7 Å². The quantitative estimate of drug-likeness (QED) is 0.228. The third-order valence-corrected chi connectivity index (χ3v) is 3.42. The van der Waals surface area contributed by atoms with Gasteiger partial charge in [-0.2, -0.15) is 0 Å². The summed E-state index contributed by atoms with van der Waals surface area (Å²) in [5.41, 5.74) is -0.214. The van der Waals surface area contributed by atoms with E-state index < -0.39 is 35.0 Å². The number of non-ortho nitro benzene ring substituents is 2. The van der Waals surface area contributed by atoms with Crippen molar-refractivity contribution < 1.29 is 38.4 Å². The van der Waals surface area contributed by atoms with Crippen LogP contribution in [0.2, 0.25) is 0 Å². The molecule has 0 aliphatic heterocycles. The third kappa shape index (κ3) is 7.42. The third-order valence-electron chi connectivity index (χ3n) is 3.42. The molecule has 2 rings (SSSR count). The number of hydrogen-bond donors (Lipinski definition) is 0. The molecule has 0 unspecified atom stereocenters. The van der Waals surface area contributed by atoms with Gasteiger partial charge in [0.05, 0.1) is 9.85 Å². The molecule has 158 valence electrons. The van der Waals surface area contributed by atoms with E-state index in [-0.39, 0.29) is 36.1 Å². The van der Waals surface area contributed by atoms with Crippen LogP contribution in [0, 0.1) is 20.2 Å². The Kier molecular flexibility index (Phi) is 8.05. The molecule has 0 amide bonds. The first-order valence-electron chi connectivity index (χ1n) is 8.41. The number of hydrogen-bond acceptors (Lipinski definition) is 10. The van der Waals surface area contributed by atoms with E-state index in [4.69, 9.17) is 18.9 Å². The average molecular weight is 420 g/mol. The van der Waals surface area contributed by atoms with Gasteiger partial charge in [0.25, 0.3) is 11.4 Å². The zero-order valence-electron chi connectivity index (χ0n) is 15.4. The van der Waals surface area contributed by atoms with Crippen LogP contribution in [0.5, 0.6) is 11.5 Å². The highest BCUT2D eigenvalue weighted by Crippen LogP contribution is 2.18. The summed E-state index contributed by atoms with van der Waals surface area (Å²) in [5.74, 6) is -0.919. The number of rotatable bonds is 11. The highest BCUT2D eigenvalue weighted by molar-refractivity contribution is 5.72. The van der Waals surface area contributed by atoms with Gasteiger partial charge in [0, 0.05) is 24.3 Å². The summed E-state index contributed by atoms with van der Waals surface area (Å²) < 4.78 is 19.9. The Hall–Kier alpha value is -4.22. The number of nitrogens with zero attached hydrogens (tertiary/aromatic N) is 2. The zero-order chi connectivity index (χ0) is 21.9. The summed E-state index contributed by atoms with van der Waals surface area (Å²) in [7, 11) is 0. The Morgan fingerprint density at radius 2 is 1.00 bits per heavy atom. The Morgan fingerprint density at radius 1 is 0.667 bits per heavy atom. The Balaban J connectivity index is 1.58. The van der Waals surface area contributed by atoms with Gasteiger partial charge in [-0.15, -0.1) is 0 Å². The fourth-order valence-corrected chi connectivity index (χ4v) is 2.01. The number of esters is 2. The second-order valence-corrected chi connectivity index (χ2v) is 5.52. The van der Waals surface area contributed by atoms with Gasteiger partial charge in [-0.05, 0) is 24.3 Å². The molecular formula is C18H16N2O10. The summed E-state index contributed by atoms with van der Waals surface area (Å²) in [5, 5.41) is 21.1. The number of carbonyl (C=O) groups is 2. The van der Waals surface area contributed by atoms with Crippen molar-refractivity contribution in [2.24, 2.45) is 0 Å². The lowest BCUT2D eigenvalue weighted by Gasteiger charge is -2.08. The Labute approximate surface area is 169 Å². The predicted octanol–water partition coefficient (Wildman–Crippen LogP) is 2.05. The molecular weight excluding hydrogens is 404 g/mol. The van der Waals surface area contributed by atoms with Crippen LogP contribution in [0.25, 0.3) is 0 Å². The lowest BCUT2D eigenvalue weighted by molar-refractivity contribution is -0.385. The lowest BCUT2D eigenvalue weighted by atomic mass is 10.3. The van der Waals surface area contributed by atoms with Crippen LogP contribution < -0.4 is 9.47 Å². The number of ether oxygens (including phenoxy) is 4. The molecule has 12 nitrogen and oxygen atoms in total. The second-order valence-electron chi connectivity index (χ2n) is 5.52. The maximum Gasteiger partial charge on any atom is 0.344 e. The molecule has 0 radical (unpaired) electrons. The van der Waals surface area contributed by atoms with E-state index in [1.807, 2.05) is 0 Å². The van der Waals surface area contributed by atoms with Crippen LogP contribution in [0.1, 0.15) is 0 Å². The second kappa shape index (κ2) is 10.9. The van der Waals surface area contributed by atoms with E-state index in [9.17, 15) is 29.8 Å². The van der Waals surface area contributed by atoms with E-state index in [0.29, 0.717) is 0 Å². The molecule has 0 heterocycles. The van der Waals surface area contributed by atoms with Crippen LogP contribution >= 0.6 is 0 Å². The summed E-state index contributed by atoms with van der Waals surface area (Å²) in [6.45, 7) is -1.25. The largest absolute Gasteiger partial charge is 0.482 e. The van der Waals surface area contributed by atoms with Crippen LogP contribution in [0.15, 0.2) is 48.5 Å². The van der Waals surface area contributed by atoms with Crippen LogP contribution in [0.4, 0.5) is 11.4 Å². The number of benzene rings is 2. The van der Waals surface area contributed by atoms with Crippen molar-refractivity contribution in [1.82, 2.24) is 0 Å². The summed E-state index contributed by atoms with van der Waals surface area (Å²) >= 11 is 0. The fourth-order valence-electron chi connectivity index (χ4n) is 2.01. The summed E-state index contributed by atoms with van der Waals surface area (Å²) in [6.07, 6.45) is 0. The normalized spacial score (nSPS) is 10.0. The molecule has 2 aromatic carbocycles. The van der Waals surface area contributed by atoms with E-state index in [1.165, 1.54) is 48.5 Å². The SMILES string of the molecule is O=C(COc1ccc([N+](=O)[O-])cc1)OCCOC(=O)COc1ccc([N+](=O)[O-])cc1. The summed E-state index contributed by atoms with van der Waals surface area (Å²) in [4.78, 5) is 43.1. The highest BCUT2D eigenvalue weighted by Gasteiger charge is 2.10. The lowest BCUT2D eigenvalue weighted by Crippen LogP contribution is -2.21. The van der Waals surface area contributed by atoms with Gasteiger partial charge in [-0.1, -0.05) is 0 Å². The molecule has 2 aromatic rings. The fraction of sp³-hybridized carbons (Fsp3) is 0.222. The van der Waals surface area contributed by atoms with Gasteiger partial charge in [-0.25, -0.2) is 9.59 Å². The molecule has 0 fully saturated rings. The topological polar surface area (TPSA) is 157 Å². The van der Waals surface area contributed by atoms with E-state index in [0.717, 1.165) is 0 Å². The number of nitro benzene ring substituents is 2. The molecule has 0 aromatic heterocycles. The van der Waals surface area contributed by atoms with Gasteiger partial charge < -0.3 is 18.9 Å². The Morgan fingerprint density at radius 3 is 1.30 bits per heavy atom. The van der Waals surface area contributed by atoms with E-state index >= 15 is 0 Å². The molecule has 0 atom stereocenters. The van der Waals surface area contributed by atoms with Gasteiger partial charge >= 0.3 is 11.9 Å². The first-order valence-corrected chi connectivity index (χ1v) is 8.41. The summed E-state index contributed by atoms with van der Waals surface area (Å²) in [6, 6.07) is 10.3. The zero-order valence-corrected chi connectivity index (χ0v) is 15.4. The van der Waals surface area contributed by atoms with Crippen molar-refractivity contribution in [1.29, 1.82) is 0 Å². The minimum atomic E-state index is -0.716. The molecule has 0 aliphatic rings. The number of carbonyl (C=O) groups excluding carboxylic acids is 2. The van der Waals surface area contributed by atoms with Crippen molar-refractivity contribution >= 4 is 23.3 Å². The average Bonchev–Trinajstić information content (AvgIpc) is 2.74. The van der Waals surface area contributed by atoms with Crippen LogP contribution in [-0.2, 0) is 19.1 Å². The minimum absolute atomic E-state index is 0.107. The first-order chi connectivity index (χ1) is 14.3. The molecule has 0 N–H and O–H groups in total. The highest BCUT2D eigenvalue weighted by atomic mass is 16.6. The maximum absolute atomic E-state index is 11.6. The molecule has 0 bridgehead atoms. The standard InChI is InChI=1S/C18H16N2O10/c21-17(11-29-15-5-1-13(2-6-15)19(23)24)27-9-10-28-18(22)12-30-16-7-3-14(4-8-16)20(25)26/h1-8H,9-12H2. The monoisotopic (exact) mass is 420 g/mol. The number of nitro groups is 2. The molecule has 0 aliphatic carbocycles. The first kappa shape index (κ1) is 22.1. The molecule has 0 spiro atoms. The van der Waals surface area contributed by atoms with Gasteiger partial charge in [0.2, 0.25) is 0 Å². The van der Waals surface area contributed by atoms with Crippen LogP contribution in [0.3, 0.4) is 0 Å². The van der Waals surface area contributed by atoms with Crippen molar-refractivity contribution in [3.63, 3.8) is 0 Å². The molecule has 0 saturated heterocycles. The van der Waals surface area contributed by atoms with Crippen molar-refractivity contribution in [2.45, 2.75) is 0 Å². The van der Waals surface area contributed by atoms with Crippen molar-refractivity contribution in [2.75, 3.05) is 26.4 Å². The van der Waals surface area contributed by atoms with Crippen molar-refractivity contribution in [3.05, 3.63) is 68.8 Å². The molecule has 12 heteroatoms. The predicted molar refractivity (Wildman–Crippen MR) is 99.1 cm³/mol. The van der Waals surface area contributed by atoms with E-state index in [2.05, 4.69) is 0 Å². The maximum atomic E-state index is 11.6.